The zero-order valence-electron chi connectivity index (χ0n) is 14.2. The van der Waals surface area contributed by atoms with E-state index in [9.17, 15) is 4.79 Å². The van der Waals surface area contributed by atoms with Crippen LogP contribution < -0.4 is 5.32 Å². The van der Waals surface area contributed by atoms with Crippen molar-refractivity contribution in [3.8, 4) is 11.1 Å². The lowest BCUT2D eigenvalue weighted by atomic mass is 10.0. The van der Waals surface area contributed by atoms with Crippen molar-refractivity contribution in [2.45, 2.75) is 26.4 Å². The summed E-state index contributed by atoms with van der Waals surface area (Å²) in [4.78, 5) is 20.0. The van der Waals surface area contributed by atoms with E-state index >= 15 is 0 Å². The average Bonchev–Trinajstić information content (AvgIpc) is 2.95. The third kappa shape index (κ3) is 3.78. The van der Waals surface area contributed by atoms with E-state index in [0.29, 0.717) is 10.8 Å². The van der Waals surface area contributed by atoms with E-state index in [0.717, 1.165) is 21.3 Å². The second-order valence-corrected chi connectivity index (χ2v) is 7.43. The maximum Gasteiger partial charge on any atom is 0.413 e. The minimum Gasteiger partial charge on any atom is -0.444 e. The van der Waals surface area contributed by atoms with Gasteiger partial charge < -0.3 is 4.74 Å². The Morgan fingerprint density at radius 3 is 2.60 bits per heavy atom. The number of nitrogens with zero attached hydrogens (tertiary/aromatic N) is 2. The maximum atomic E-state index is 12.0. The van der Waals surface area contributed by atoms with Gasteiger partial charge in [0.2, 0.25) is 0 Å². The number of fused-ring (bicyclic) bond motifs is 1. The molecule has 3 aromatic rings. The number of hydrogen-bond acceptors (Lipinski definition) is 4. The first kappa shape index (κ1) is 16.9. The van der Waals surface area contributed by atoms with Crippen LogP contribution in [0.3, 0.4) is 0 Å². The largest absolute Gasteiger partial charge is 0.444 e. The quantitative estimate of drug-likeness (QED) is 0.588. The van der Waals surface area contributed by atoms with E-state index in [1.807, 2.05) is 57.2 Å². The van der Waals surface area contributed by atoms with E-state index < -0.39 is 11.7 Å². The Morgan fingerprint density at radius 1 is 1.16 bits per heavy atom. The Hall–Kier alpha value is -2.91. The predicted molar refractivity (Wildman–Crippen MR) is 101 cm³/mol. The van der Waals surface area contributed by atoms with E-state index in [1.165, 1.54) is 11.3 Å². The minimum atomic E-state index is -0.569. The van der Waals surface area contributed by atoms with Crippen LogP contribution in [-0.4, -0.2) is 16.7 Å². The van der Waals surface area contributed by atoms with Crippen LogP contribution in [0.4, 0.5) is 15.6 Å². The summed E-state index contributed by atoms with van der Waals surface area (Å²) in [5.41, 5.74) is 2.58. The molecule has 0 saturated heterocycles. The van der Waals surface area contributed by atoms with E-state index in [1.54, 1.807) is 6.07 Å². The second kappa shape index (κ2) is 6.54. The normalized spacial score (nSPS) is 11.1. The lowest BCUT2D eigenvalue weighted by Gasteiger charge is -2.18. The zero-order chi connectivity index (χ0) is 18.0. The van der Waals surface area contributed by atoms with Gasteiger partial charge in [0, 0.05) is 0 Å². The summed E-state index contributed by atoms with van der Waals surface area (Å²) in [6, 6.07) is 13.2. The molecular formula is C19H17N3O2S. The number of nitrogens with one attached hydrogen (secondary N) is 1. The molecule has 1 heterocycles. The van der Waals surface area contributed by atoms with Gasteiger partial charge in [0.25, 0.3) is 0 Å². The molecule has 0 aliphatic carbocycles. The van der Waals surface area contributed by atoms with Crippen molar-refractivity contribution in [3.05, 3.63) is 53.9 Å². The summed E-state index contributed by atoms with van der Waals surface area (Å²) in [6.07, 6.45) is -0.533. The molecule has 3 rings (SSSR count). The second-order valence-electron chi connectivity index (χ2n) is 6.43. The number of ether oxygens (including phenoxy) is 1. The smallest absolute Gasteiger partial charge is 0.413 e. The van der Waals surface area contributed by atoms with Gasteiger partial charge in [0.15, 0.2) is 10.8 Å². The molecule has 0 atom stereocenters. The number of carbonyl (C=O) groups excluding carboxylic acids is 1. The average molecular weight is 351 g/mol. The van der Waals surface area contributed by atoms with Gasteiger partial charge in [-0.15, -0.1) is 0 Å². The third-order valence-electron chi connectivity index (χ3n) is 3.34. The van der Waals surface area contributed by atoms with Gasteiger partial charge in [-0.1, -0.05) is 47.7 Å². The fraction of sp³-hybridized carbons (Fsp3) is 0.211. The number of amides is 1. The van der Waals surface area contributed by atoms with Crippen LogP contribution in [0.2, 0.25) is 0 Å². The Balaban J connectivity index is 1.99. The van der Waals surface area contributed by atoms with Crippen LogP contribution in [0.1, 0.15) is 20.8 Å². The SMILES string of the molecule is [C-]#[N+]c1ccccc1-c1cccc2nc(NC(=O)OC(C)(C)C)sc12. The lowest BCUT2D eigenvalue weighted by molar-refractivity contribution is 0.0636. The third-order valence-corrected chi connectivity index (χ3v) is 4.36. The molecule has 0 spiro atoms. The Bertz CT molecular complexity index is 980. The number of carbonyl (C=O) groups is 1. The Morgan fingerprint density at radius 2 is 1.88 bits per heavy atom. The number of anilines is 1. The first-order valence-corrected chi connectivity index (χ1v) is 8.55. The van der Waals surface area contributed by atoms with E-state index in [-0.39, 0.29) is 0 Å². The summed E-state index contributed by atoms with van der Waals surface area (Å²) >= 11 is 1.37. The van der Waals surface area contributed by atoms with Crippen molar-refractivity contribution >= 4 is 38.5 Å². The highest BCUT2D eigenvalue weighted by Crippen LogP contribution is 2.39. The first-order valence-electron chi connectivity index (χ1n) is 7.74. The van der Waals surface area contributed by atoms with Gasteiger partial charge in [-0.3, -0.25) is 5.32 Å². The fourth-order valence-corrected chi connectivity index (χ4v) is 3.38. The molecule has 0 aliphatic heterocycles. The van der Waals surface area contributed by atoms with E-state index in [4.69, 9.17) is 11.3 Å². The standard InChI is InChI=1S/C19H17N3O2S/c1-19(2,3)24-18(23)22-17-21-15-11-7-9-13(16(15)25-17)12-8-5-6-10-14(12)20-4/h5-11H,1-3H3,(H,21,22,23). The molecule has 0 bridgehead atoms. The monoisotopic (exact) mass is 351 g/mol. The highest BCUT2D eigenvalue weighted by Gasteiger charge is 2.18. The Kier molecular flexibility index (Phi) is 4.43. The van der Waals surface area contributed by atoms with Gasteiger partial charge >= 0.3 is 6.09 Å². The van der Waals surface area contributed by atoms with Gasteiger partial charge in [-0.2, -0.15) is 0 Å². The molecular weight excluding hydrogens is 334 g/mol. The van der Waals surface area contributed by atoms with Crippen LogP contribution in [0.5, 0.6) is 0 Å². The van der Waals surface area contributed by atoms with Crippen LogP contribution in [0.25, 0.3) is 26.2 Å². The van der Waals surface area contributed by atoms with Gasteiger partial charge in [0.05, 0.1) is 16.8 Å². The molecule has 0 aliphatic rings. The molecule has 126 valence electrons. The van der Waals surface area contributed by atoms with Crippen molar-refractivity contribution in [3.63, 3.8) is 0 Å². The first-order chi connectivity index (χ1) is 11.9. The zero-order valence-corrected chi connectivity index (χ0v) is 15.0. The molecule has 0 saturated carbocycles. The summed E-state index contributed by atoms with van der Waals surface area (Å²) in [5.74, 6) is 0. The van der Waals surface area contributed by atoms with Crippen LogP contribution in [-0.2, 0) is 4.74 Å². The molecule has 0 fully saturated rings. The maximum absolute atomic E-state index is 12.0. The van der Waals surface area contributed by atoms with Crippen LogP contribution in [0.15, 0.2) is 42.5 Å². The number of aromatic nitrogens is 1. The van der Waals surface area contributed by atoms with Crippen molar-refractivity contribution in [2.24, 2.45) is 0 Å². The molecule has 2 aromatic carbocycles. The van der Waals surface area contributed by atoms with E-state index in [2.05, 4.69) is 15.1 Å². The summed E-state index contributed by atoms with van der Waals surface area (Å²) in [6.45, 7) is 12.8. The van der Waals surface area contributed by atoms with Gasteiger partial charge in [-0.05, 0) is 38.0 Å². The molecule has 1 amide bonds. The fourth-order valence-electron chi connectivity index (χ4n) is 2.40. The Labute approximate surface area is 150 Å². The van der Waals surface area contributed by atoms with Crippen molar-refractivity contribution < 1.29 is 9.53 Å². The summed E-state index contributed by atoms with van der Waals surface area (Å²) in [7, 11) is 0. The molecule has 1 N–H and O–H groups in total. The number of hydrogen-bond donors (Lipinski definition) is 1. The molecule has 0 radical (unpaired) electrons. The highest BCUT2D eigenvalue weighted by molar-refractivity contribution is 7.22. The van der Waals surface area contributed by atoms with Crippen molar-refractivity contribution in [1.29, 1.82) is 0 Å². The molecule has 0 unspecified atom stereocenters. The molecule has 25 heavy (non-hydrogen) atoms. The topological polar surface area (TPSA) is 55.6 Å². The van der Waals surface area contributed by atoms with Crippen LogP contribution in [0, 0.1) is 6.57 Å². The number of para-hydroxylation sites is 1. The van der Waals surface area contributed by atoms with Crippen LogP contribution >= 0.6 is 11.3 Å². The summed E-state index contributed by atoms with van der Waals surface area (Å²) in [5, 5.41) is 3.15. The number of thiazole rings is 1. The van der Waals surface area contributed by atoms with Gasteiger partial charge in [-0.25, -0.2) is 14.6 Å². The summed E-state index contributed by atoms with van der Waals surface area (Å²) < 4.78 is 6.19. The molecule has 5 nitrogen and oxygen atoms in total. The predicted octanol–water partition coefficient (Wildman–Crippen LogP) is 5.86. The minimum absolute atomic E-state index is 0.469. The van der Waals surface area contributed by atoms with Gasteiger partial charge in [0.1, 0.15) is 5.60 Å². The number of benzene rings is 2. The van der Waals surface area contributed by atoms with Crippen molar-refractivity contribution in [1.82, 2.24) is 4.98 Å². The lowest BCUT2D eigenvalue weighted by Crippen LogP contribution is -2.27. The number of rotatable bonds is 2. The molecule has 1 aromatic heterocycles. The van der Waals surface area contributed by atoms with Crippen molar-refractivity contribution in [2.75, 3.05) is 5.32 Å². The highest BCUT2D eigenvalue weighted by atomic mass is 32.1. The molecule has 6 heteroatoms.